The van der Waals surface area contributed by atoms with Crippen LogP contribution in [0.1, 0.15) is 96.8 Å². The summed E-state index contributed by atoms with van der Waals surface area (Å²) in [7, 11) is 0. The Morgan fingerprint density at radius 2 is 1.43 bits per heavy atom. The lowest BCUT2D eigenvalue weighted by molar-refractivity contribution is -0.137. The van der Waals surface area contributed by atoms with Gasteiger partial charge in [-0.3, -0.25) is 4.79 Å². The van der Waals surface area contributed by atoms with Crippen LogP contribution in [0.25, 0.3) is 0 Å². The SMILES string of the molecule is CCCCCC1CCC(CCCCCCCCC(=O)O)S1. The van der Waals surface area contributed by atoms with E-state index in [1.54, 1.807) is 0 Å². The first kappa shape index (κ1) is 18.9. The quantitative estimate of drug-likeness (QED) is 0.421. The van der Waals surface area contributed by atoms with Gasteiger partial charge in [-0.2, -0.15) is 11.8 Å². The highest BCUT2D eigenvalue weighted by Gasteiger charge is 2.24. The Hall–Kier alpha value is -0.180. The fraction of sp³-hybridized carbons (Fsp3) is 0.944. The van der Waals surface area contributed by atoms with E-state index in [2.05, 4.69) is 18.7 Å². The summed E-state index contributed by atoms with van der Waals surface area (Å²) >= 11 is 2.27. The smallest absolute Gasteiger partial charge is 0.303 e. The van der Waals surface area contributed by atoms with Gasteiger partial charge in [0.1, 0.15) is 0 Å². The average molecular weight is 315 g/mol. The summed E-state index contributed by atoms with van der Waals surface area (Å²) in [6.07, 6.45) is 17.4. The Morgan fingerprint density at radius 3 is 2.00 bits per heavy atom. The Labute approximate surface area is 135 Å². The van der Waals surface area contributed by atoms with E-state index in [1.807, 2.05) is 0 Å². The van der Waals surface area contributed by atoms with Crippen molar-refractivity contribution >= 4 is 17.7 Å². The van der Waals surface area contributed by atoms with Crippen molar-refractivity contribution in [2.45, 2.75) is 107 Å². The molecule has 0 aliphatic carbocycles. The summed E-state index contributed by atoms with van der Waals surface area (Å²) in [6.45, 7) is 2.28. The van der Waals surface area contributed by atoms with Crippen LogP contribution in [-0.2, 0) is 4.79 Å². The Bertz CT molecular complexity index is 268. The number of hydrogen-bond acceptors (Lipinski definition) is 2. The van der Waals surface area contributed by atoms with Crippen molar-refractivity contribution < 1.29 is 9.90 Å². The molecule has 0 aromatic rings. The molecule has 1 N–H and O–H groups in total. The molecule has 0 bridgehead atoms. The molecule has 124 valence electrons. The number of thioether (sulfide) groups is 1. The lowest BCUT2D eigenvalue weighted by Crippen LogP contribution is -1.98. The van der Waals surface area contributed by atoms with Crippen molar-refractivity contribution in [1.29, 1.82) is 0 Å². The lowest BCUT2D eigenvalue weighted by Gasteiger charge is -2.11. The summed E-state index contributed by atoms with van der Waals surface area (Å²) in [6, 6.07) is 0. The third kappa shape index (κ3) is 10.2. The Morgan fingerprint density at radius 1 is 0.905 bits per heavy atom. The molecule has 1 rings (SSSR count). The average Bonchev–Trinajstić information content (AvgIpc) is 2.89. The lowest BCUT2D eigenvalue weighted by atomic mass is 10.0. The molecule has 1 aliphatic rings. The monoisotopic (exact) mass is 314 g/mol. The van der Waals surface area contributed by atoms with E-state index in [0.29, 0.717) is 6.42 Å². The first-order chi connectivity index (χ1) is 10.2. The molecule has 0 amide bonds. The first-order valence-corrected chi connectivity index (χ1v) is 10.0. The molecule has 0 aromatic heterocycles. The Balaban J connectivity index is 1.86. The van der Waals surface area contributed by atoms with Gasteiger partial charge in [-0.15, -0.1) is 0 Å². The molecule has 2 nitrogen and oxygen atoms in total. The van der Waals surface area contributed by atoms with Gasteiger partial charge in [-0.25, -0.2) is 0 Å². The molecule has 0 saturated carbocycles. The van der Waals surface area contributed by atoms with Crippen LogP contribution in [0.2, 0.25) is 0 Å². The molecular formula is C18H34O2S. The third-order valence-corrected chi connectivity index (χ3v) is 6.20. The number of aliphatic carboxylic acids is 1. The topological polar surface area (TPSA) is 37.3 Å². The predicted octanol–water partition coefficient (Wildman–Crippen LogP) is 6.04. The molecule has 2 atom stereocenters. The van der Waals surface area contributed by atoms with Gasteiger partial charge in [0.25, 0.3) is 0 Å². The molecule has 0 spiro atoms. The fourth-order valence-electron chi connectivity index (χ4n) is 3.18. The van der Waals surface area contributed by atoms with E-state index in [-0.39, 0.29) is 0 Å². The van der Waals surface area contributed by atoms with Gasteiger partial charge in [0.05, 0.1) is 0 Å². The first-order valence-electron chi connectivity index (χ1n) is 9.09. The Kier molecular flexibility index (Phi) is 11.1. The highest BCUT2D eigenvalue weighted by atomic mass is 32.2. The largest absolute Gasteiger partial charge is 0.481 e. The normalized spacial score (nSPS) is 21.8. The number of carboxylic acids is 1. The number of carbonyl (C=O) groups is 1. The van der Waals surface area contributed by atoms with Crippen LogP contribution in [-0.4, -0.2) is 21.6 Å². The zero-order valence-electron chi connectivity index (χ0n) is 13.8. The predicted molar refractivity (Wildman–Crippen MR) is 93.1 cm³/mol. The van der Waals surface area contributed by atoms with Crippen LogP contribution in [0.3, 0.4) is 0 Å². The summed E-state index contributed by atoms with van der Waals surface area (Å²) in [5, 5.41) is 10.5. The third-order valence-electron chi connectivity index (χ3n) is 4.49. The second-order valence-corrected chi connectivity index (χ2v) is 8.11. The highest BCUT2D eigenvalue weighted by molar-refractivity contribution is 8.00. The standard InChI is InChI=1S/C18H34O2S/c1-2-3-8-11-16-14-15-17(21-16)12-9-6-4-5-7-10-13-18(19)20/h16-17H,2-15H2,1H3,(H,19,20). The van der Waals surface area contributed by atoms with Crippen molar-refractivity contribution in [3.8, 4) is 0 Å². The summed E-state index contributed by atoms with van der Waals surface area (Å²) in [5.74, 6) is -0.651. The fourth-order valence-corrected chi connectivity index (χ4v) is 4.88. The molecule has 2 unspecified atom stereocenters. The van der Waals surface area contributed by atoms with Gasteiger partial charge in [0.2, 0.25) is 0 Å². The second kappa shape index (κ2) is 12.4. The zero-order chi connectivity index (χ0) is 15.3. The van der Waals surface area contributed by atoms with Gasteiger partial charge in [-0.05, 0) is 32.1 Å². The summed E-state index contributed by atoms with van der Waals surface area (Å²) in [4.78, 5) is 10.4. The van der Waals surface area contributed by atoms with Gasteiger partial charge < -0.3 is 5.11 Å². The van der Waals surface area contributed by atoms with Gasteiger partial charge in [0.15, 0.2) is 0 Å². The summed E-state index contributed by atoms with van der Waals surface area (Å²) in [5.41, 5.74) is 0. The summed E-state index contributed by atoms with van der Waals surface area (Å²) < 4.78 is 0. The molecule has 1 saturated heterocycles. The van der Waals surface area contributed by atoms with Gasteiger partial charge in [-0.1, -0.05) is 58.3 Å². The molecule has 3 heteroatoms. The number of rotatable bonds is 13. The van der Waals surface area contributed by atoms with E-state index in [1.165, 1.54) is 70.6 Å². The second-order valence-electron chi connectivity index (χ2n) is 6.51. The van der Waals surface area contributed by atoms with E-state index >= 15 is 0 Å². The van der Waals surface area contributed by atoms with Crippen LogP contribution in [0.15, 0.2) is 0 Å². The van der Waals surface area contributed by atoms with Crippen LogP contribution in [0.5, 0.6) is 0 Å². The van der Waals surface area contributed by atoms with Crippen molar-refractivity contribution in [2.75, 3.05) is 0 Å². The van der Waals surface area contributed by atoms with Crippen LogP contribution in [0, 0.1) is 0 Å². The van der Waals surface area contributed by atoms with Crippen LogP contribution < -0.4 is 0 Å². The van der Waals surface area contributed by atoms with E-state index in [4.69, 9.17) is 5.11 Å². The number of unbranched alkanes of at least 4 members (excludes halogenated alkanes) is 7. The number of hydrogen-bond donors (Lipinski definition) is 1. The van der Waals surface area contributed by atoms with Crippen LogP contribution in [0.4, 0.5) is 0 Å². The van der Waals surface area contributed by atoms with E-state index < -0.39 is 5.97 Å². The minimum absolute atomic E-state index is 0.345. The van der Waals surface area contributed by atoms with Crippen molar-refractivity contribution in [3.63, 3.8) is 0 Å². The zero-order valence-corrected chi connectivity index (χ0v) is 14.6. The minimum atomic E-state index is -0.651. The molecule has 1 heterocycles. The number of carboxylic acid groups (broad SMARTS) is 1. The molecule has 21 heavy (non-hydrogen) atoms. The van der Waals surface area contributed by atoms with E-state index in [9.17, 15) is 4.79 Å². The molecule has 0 aromatic carbocycles. The van der Waals surface area contributed by atoms with E-state index in [0.717, 1.165) is 23.3 Å². The molecule has 1 fully saturated rings. The minimum Gasteiger partial charge on any atom is -0.481 e. The molecule has 0 radical (unpaired) electrons. The van der Waals surface area contributed by atoms with Crippen molar-refractivity contribution in [1.82, 2.24) is 0 Å². The van der Waals surface area contributed by atoms with Gasteiger partial charge in [0, 0.05) is 16.9 Å². The maximum atomic E-state index is 10.4. The van der Waals surface area contributed by atoms with Crippen molar-refractivity contribution in [2.24, 2.45) is 0 Å². The maximum Gasteiger partial charge on any atom is 0.303 e. The van der Waals surface area contributed by atoms with Crippen molar-refractivity contribution in [3.05, 3.63) is 0 Å². The maximum absolute atomic E-state index is 10.4. The molecule has 1 aliphatic heterocycles. The van der Waals surface area contributed by atoms with Crippen LogP contribution >= 0.6 is 11.8 Å². The molecular weight excluding hydrogens is 280 g/mol. The highest BCUT2D eigenvalue weighted by Crippen LogP contribution is 2.39. The van der Waals surface area contributed by atoms with Gasteiger partial charge >= 0.3 is 5.97 Å².